The second kappa shape index (κ2) is 12.9. The molecule has 8 aromatic rings. The first kappa shape index (κ1) is 30.3. The van der Waals surface area contributed by atoms with Gasteiger partial charge in [0.1, 0.15) is 17.8 Å². The third kappa shape index (κ3) is 5.44. The molecule has 1 amide bonds. The Labute approximate surface area is 286 Å². The Morgan fingerprint density at radius 1 is 0.714 bits per heavy atom. The van der Waals surface area contributed by atoms with Crippen LogP contribution in [0.1, 0.15) is 22.3 Å². The maximum absolute atomic E-state index is 17.1. The molecule has 2 heterocycles. The molecule has 0 bridgehead atoms. The molecule has 7 heteroatoms. The molecule has 0 saturated heterocycles. The minimum atomic E-state index is -0.979. The minimum Gasteiger partial charge on any atom is -0.444 e. The molecule has 8 rings (SSSR count). The normalized spacial score (nSPS) is 11.5. The van der Waals surface area contributed by atoms with Gasteiger partial charge in [-0.25, -0.2) is 13.9 Å². The molecule has 0 aliphatic carbocycles. The van der Waals surface area contributed by atoms with Gasteiger partial charge in [0.25, 0.3) is 0 Å². The monoisotopic (exact) mass is 659 g/mol. The highest BCUT2D eigenvalue weighted by atomic mass is 32.1. The van der Waals surface area contributed by atoms with Crippen LogP contribution < -0.4 is 5.32 Å². The summed E-state index contributed by atoms with van der Waals surface area (Å²) in [5.41, 5.74) is 3.82. The van der Waals surface area contributed by atoms with Crippen molar-refractivity contribution in [2.24, 2.45) is 0 Å². The highest BCUT2D eigenvalue weighted by Gasteiger charge is 2.41. The number of hydrogen-bond donors (Lipinski definition) is 1. The molecule has 0 spiro atoms. The number of carbonyl (C=O) groups excluding carboxylic acids is 1. The number of amides is 1. The number of nitrogens with zero attached hydrogens (tertiary/aromatic N) is 2. The lowest BCUT2D eigenvalue weighted by atomic mass is 9.77. The number of rotatable bonds is 8. The molecule has 1 N–H and O–H groups in total. The zero-order valence-corrected chi connectivity index (χ0v) is 27.1. The van der Waals surface area contributed by atoms with E-state index in [1.807, 2.05) is 114 Å². The van der Waals surface area contributed by atoms with Gasteiger partial charge in [0, 0.05) is 4.70 Å². The summed E-state index contributed by atoms with van der Waals surface area (Å²) in [7, 11) is 0. The Morgan fingerprint density at radius 3 is 1.86 bits per heavy atom. The first-order valence-electron chi connectivity index (χ1n) is 16.0. The molecule has 2 aromatic heterocycles. The number of nitrogens with one attached hydrogen (secondary N) is 1. The first-order valence-corrected chi connectivity index (χ1v) is 16.8. The molecule has 0 fully saturated rings. The fourth-order valence-electron chi connectivity index (χ4n) is 6.57. The van der Waals surface area contributed by atoms with Crippen molar-refractivity contribution in [2.75, 3.05) is 5.32 Å². The number of halogens is 1. The van der Waals surface area contributed by atoms with Crippen LogP contribution in [0.5, 0.6) is 0 Å². The van der Waals surface area contributed by atoms with Crippen molar-refractivity contribution < 1.29 is 13.9 Å². The van der Waals surface area contributed by atoms with Crippen molar-refractivity contribution in [2.45, 2.75) is 12.1 Å². The van der Waals surface area contributed by atoms with Crippen LogP contribution in [0.3, 0.4) is 0 Å². The van der Waals surface area contributed by atoms with E-state index in [1.54, 1.807) is 17.4 Å². The van der Waals surface area contributed by atoms with E-state index in [4.69, 9.17) is 9.84 Å². The molecular formula is C42H30FN3O2S. The first-order chi connectivity index (χ1) is 24.1. The Balaban J connectivity index is 1.37. The highest BCUT2D eigenvalue weighted by molar-refractivity contribution is 7.22. The zero-order valence-electron chi connectivity index (χ0n) is 26.3. The van der Waals surface area contributed by atoms with Crippen LogP contribution in [-0.2, 0) is 16.9 Å². The van der Waals surface area contributed by atoms with E-state index < -0.39 is 17.4 Å². The van der Waals surface area contributed by atoms with Crippen LogP contribution in [-0.4, -0.2) is 15.9 Å². The molecule has 238 valence electrons. The van der Waals surface area contributed by atoms with Gasteiger partial charge in [-0.1, -0.05) is 140 Å². The summed E-state index contributed by atoms with van der Waals surface area (Å²) in [6, 6.07) is 53.5. The fraction of sp³-hybridized carbons (Fsp3) is 0.0476. The quantitative estimate of drug-likeness (QED) is 0.165. The molecule has 0 atom stereocenters. The maximum atomic E-state index is 17.1. The molecule has 0 aliphatic heterocycles. The zero-order chi connectivity index (χ0) is 33.2. The molecule has 5 nitrogen and oxygen atoms in total. The number of carbonyl (C=O) groups is 1. The summed E-state index contributed by atoms with van der Waals surface area (Å²) < 4.78 is 25.6. The number of benzene rings is 6. The topological polar surface area (TPSA) is 56.2 Å². The molecular weight excluding hydrogens is 630 g/mol. The SMILES string of the molecule is O=C(Nc1ccc2c(c(-c3cc4ccccc4s3)nn2C(c2ccccc2)(c2ccccc2)c2ccccc2)c1F)OCc1ccccc1. The average Bonchev–Trinajstić information content (AvgIpc) is 3.77. The van der Waals surface area contributed by atoms with E-state index in [1.165, 1.54) is 0 Å². The fourth-order valence-corrected chi connectivity index (χ4v) is 7.62. The smallest absolute Gasteiger partial charge is 0.412 e. The predicted molar refractivity (Wildman–Crippen MR) is 195 cm³/mol. The summed E-state index contributed by atoms with van der Waals surface area (Å²) >= 11 is 1.56. The summed E-state index contributed by atoms with van der Waals surface area (Å²) in [4.78, 5) is 13.8. The maximum Gasteiger partial charge on any atom is 0.412 e. The number of ether oxygens (including phenoxy) is 1. The molecule has 49 heavy (non-hydrogen) atoms. The number of anilines is 1. The third-order valence-electron chi connectivity index (χ3n) is 8.79. The minimum absolute atomic E-state index is 0.0113. The molecule has 0 aliphatic rings. The number of thiophene rings is 1. The molecule has 0 saturated carbocycles. The Kier molecular flexibility index (Phi) is 7.95. The van der Waals surface area contributed by atoms with Gasteiger partial charge in [-0.3, -0.25) is 5.32 Å². The van der Waals surface area contributed by atoms with Crippen molar-refractivity contribution in [3.63, 3.8) is 0 Å². The Hall–Kier alpha value is -6.05. The second-order valence-electron chi connectivity index (χ2n) is 11.7. The standard InChI is InChI=1S/C42H30FN3O2S/c43-39-34(44-41(47)48-28-29-15-5-1-6-16-29)25-26-35-38(39)40(37-27-30-17-13-14-24-36(30)49-37)45-46(35)42(31-18-7-2-8-19-31,32-20-9-3-10-21-32)33-22-11-4-12-23-33/h1-27H,28H2,(H,44,47). The lowest BCUT2D eigenvalue weighted by Gasteiger charge is -2.37. The number of aromatic nitrogens is 2. The molecule has 0 unspecified atom stereocenters. The second-order valence-corrected chi connectivity index (χ2v) is 12.8. The van der Waals surface area contributed by atoms with Crippen LogP contribution >= 0.6 is 11.3 Å². The summed E-state index contributed by atoms with van der Waals surface area (Å²) in [5.74, 6) is -0.587. The Bertz CT molecular complexity index is 2260. The van der Waals surface area contributed by atoms with Crippen molar-refractivity contribution >= 4 is 44.1 Å². The number of hydrogen-bond acceptors (Lipinski definition) is 4. The van der Waals surface area contributed by atoms with Gasteiger partial charge in [-0.2, -0.15) is 5.10 Å². The van der Waals surface area contributed by atoms with Gasteiger partial charge in [0.2, 0.25) is 0 Å². The van der Waals surface area contributed by atoms with Crippen LogP contribution in [0.4, 0.5) is 14.9 Å². The van der Waals surface area contributed by atoms with Crippen molar-refractivity contribution in [3.05, 3.63) is 192 Å². The van der Waals surface area contributed by atoms with E-state index in [-0.39, 0.29) is 12.3 Å². The molecule has 0 radical (unpaired) electrons. The van der Waals surface area contributed by atoms with Gasteiger partial charge in [0.15, 0.2) is 5.82 Å². The molecule has 6 aromatic carbocycles. The van der Waals surface area contributed by atoms with Crippen LogP contribution in [0, 0.1) is 5.82 Å². The van der Waals surface area contributed by atoms with E-state index in [0.717, 1.165) is 37.2 Å². The van der Waals surface area contributed by atoms with E-state index in [0.29, 0.717) is 16.6 Å². The van der Waals surface area contributed by atoms with E-state index in [2.05, 4.69) is 53.8 Å². The summed E-state index contributed by atoms with van der Waals surface area (Å²) in [5, 5.41) is 9.36. The van der Waals surface area contributed by atoms with Gasteiger partial charge in [-0.15, -0.1) is 11.3 Å². The lowest BCUT2D eigenvalue weighted by Crippen LogP contribution is -2.38. The summed E-state index contributed by atoms with van der Waals surface area (Å²) in [6.07, 6.45) is -0.745. The average molecular weight is 660 g/mol. The summed E-state index contributed by atoms with van der Waals surface area (Å²) in [6.45, 7) is 0.0647. The largest absolute Gasteiger partial charge is 0.444 e. The van der Waals surface area contributed by atoms with Crippen LogP contribution in [0.15, 0.2) is 164 Å². The van der Waals surface area contributed by atoms with E-state index in [9.17, 15) is 4.79 Å². The third-order valence-corrected chi connectivity index (χ3v) is 9.91. The van der Waals surface area contributed by atoms with Gasteiger partial charge < -0.3 is 4.74 Å². The van der Waals surface area contributed by atoms with Crippen molar-refractivity contribution in [1.29, 1.82) is 0 Å². The van der Waals surface area contributed by atoms with E-state index >= 15 is 4.39 Å². The lowest BCUT2D eigenvalue weighted by molar-refractivity contribution is 0.155. The van der Waals surface area contributed by atoms with Crippen molar-refractivity contribution in [3.8, 4) is 10.6 Å². The van der Waals surface area contributed by atoms with Crippen LogP contribution in [0.25, 0.3) is 31.6 Å². The van der Waals surface area contributed by atoms with Crippen molar-refractivity contribution in [1.82, 2.24) is 9.78 Å². The van der Waals surface area contributed by atoms with Gasteiger partial charge >= 0.3 is 6.09 Å². The van der Waals surface area contributed by atoms with Crippen LogP contribution in [0.2, 0.25) is 0 Å². The number of fused-ring (bicyclic) bond motifs is 2. The van der Waals surface area contributed by atoms with Gasteiger partial charge in [0.05, 0.1) is 21.5 Å². The Morgan fingerprint density at radius 2 is 1.27 bits per heavy atom. The highest BCUT2D eigenvalue weighted by Crippen LogP contribution is 2.46. The van der Waals surface area contributed by atoms with Gasteiger partial charge in [-0.05, 0) is 51.9 Å². The predicted octanol–water partition coefficient (Wildman–Crippen LogP) is 10.6.